The van der Waals surface area contributed by atoms with Crippen molar-refractivity contribution in [1.29, 1.82) is 0 Å². The van der Waals surface area contributed by atoms with Crippen LogP contribution in [0.2, 0.25) is 5.02 Å². The van der Waals surface area contributed by atoms with E-state index >= 15 is 0 Å². The van der Waals surface area contributed by atoms with Crippen LogP contribution in [0.25, 0.3) is 6.08 Å². The molecule has 44 heavy (non-hydrogen) atoms. The molecular formula is C32H27BrClIN2O6S. The van der Waals surface area contributed by atoms with Gasteiger partial charge < -0.3 is 18.9 Å². The minimum absolute atomic E-state index is 0.221. The maximum atomic E-state index is 13.9. The molecule has 0 saturated carbocycles. The van der Waals surface area contributed by atoms with Crippen molar-refractivity contribution in [2.75, 3.05) is 20.3 Å². The third kappa shape index (κ3) is 6.90. The SMILES string of the molecule is CCOc1ccc([C@H]2C(C(=O)OC)=CN=c3s/c(=C\c4cc(Cl)c(OCc5ccc(I)cc5)c(Br)c4)c(=O)n32)cc1OCC. The third-order valence-electron chi connectivity index (χ3n) is 6.62. The second-order valence-electron chi connectivity index (χ2n) is 9.48. The smallest absolute Gasteiger partial charge is 0.337 e. The lowest BCUT2D eigenvalue weighted by atomic mass is 9.97. The lowest BCUT2D eigenvalue weighted by Gasteiger charge is -2.23. The topological polar surface area (TPSA) is 88.4 Å². The van der Waals surface area contributed by atoms with Gasteiger partial charge in [0, 0.05) is 9.77 Å². The molecule has 1 aliphatic rings. The van der Waals surface area contributed by atoms with E-state index in [4.69, 9.17) is 30.5 Å². The predicted octanol–water partition coefficient (Wildman–Crippen LogP) is 6.42. The quantitative estimate of drug-likeness (QED) is 0.136. The van der Waals surface area contributed by atoms with Crippen LogP contribution in [0.5, 0.6) is 17.2 Å². The summed E-state index contributed by atoms with van der Waals surface area (Å²) in [6.07, 6.45) is 3.20. The van der Waals surface area contributed by atoms with Crippen molar-refractivity contribution in [1.82, 2.24) is 4.57 Å². The van der Waals surface area contributed by atoms with E-state index in [9.17, 15) is 9.59 Å². The van der Waals surface area contributed by atoms with Crippen LogP contribution in [0.1, 0.15) is 36.6 Å². The first-order chi connectivity index (χ1) is 21.2. The molecule has 1 aliphatic heterocycles. The first kappa shape index (κ1) is 32.3. The number of fused-ring (bicyclic) bond motifs is 1. The minimum Gasteiger partial charge on any atom is -0.490 e. The molecule has 1 aromatic heterocycles. The van der Waals surface area contributed by atoms with Gasteiger partial charge in [-0.15, -0.1) is 0 Å². The number of carbonyl (C=O) groups excluding carboxylic acids is 1. The number of nitrogens with zero attached hydrogens (tertiary/aromatic N) is 2. The number of ether oxygens (including phenoxy) is 4. The maximum absolute atomic E-state index is 13.9. The molecule has 0 amide bonds. The molecule has 12 heteroatoms. The molecule has 0 saturated heterocycles. The Labute approximate surface area is 284 Å². The van der Waals surface area contributed by atoms with E-state index in [0.717, 1.165) is 9.13 Å². The van der Waals surface area contributed by atoms with Gasteiger partial charge in [0.05, 0.1) is 46.0 Å². The van der Waals surface area contributed by atoms with Gasteiger partial charge in [0.15, 0.2) is 22.0 Å². The predicted molar refractivity (Wildman–Crippen MR) is 183 cm³/mol. The van der Waals surface area contributed by atoms with Crippen molar-refractivity contribution >= 4 is 73.5 Å². The molecule has 0 bridgehead atoms. The summed E-state index contributed by atoms with van der Waals surface area (Å²) in [5.74, 6) is 1.00. The van der Waals surface area contributed by atoms with E-state index in [1.54, 1.807) is 24.3 Å². The fraction of sp³-hybridized carbons (Fsp3) is 0.219. The summed E-state index contributed by atoms with van der Waals surface area (Å²) in [6.45, 7) is 4.99. The monoisotopic (exact) mass is 808 g/mol. The summed E-state index contributed by atoms with van der Waals surface area (Å²) in [5, 5.41) is 0.396. The van der Waals surface area contributed by atoms with Gasteiger partial charge in [0.25, 0.3) is 5.56 Å². The number of rotatable bonds is 10. The Morgan fingerprint density at radius 2 is 1.80 bits per heavy atom. The average molecular weight is 810 g/mol. The Kier molecular flexibility index (Phi) is 10.5. The second-order valence-corrected chi connectivity index (χ2v) is 13.0. The molecule has 1 atom stereocenters. The molecule has 0 radical (unpaired) electrons. The van der Waals surface area contributed by atoms with Gasteiger partial charge in [-0.05, 0) is 112 Å². The number of benzene rings is 3. The third-order valence-corrected chi connectivity index (χ3v) is 9.21. The van der Waals surface area contributed by atoms with Crippen LogP contribution in [0.3, 0.4) is 0 Å². The lowest BCUT2D eigenvalue weighted by molar-refractivity contribution is -0.136. The van der Waals surface area contributed by atoms with Gasteiger partial charge in [0.2, 0.25) is 0 Å². The Balaban J connectivity index is 1.54. The summed E-state index contributed by atoms with van der Waals surface area (Å²) >= 11 is 13.7. The maximum Gasteiger partial charge on any atom is 0.337 e. The number of hydrogen-bond donors (Lipinski definition) is 0. The number of methoxy groups -OCH3 is 1. The van der Waals surface area contributed by atoms with Crippen molar-refractivity contribution in [3.05, 3.63) is 116 Å². The summed E-state index contributed by atoms with van der Waals surface area (Å²) in [5.41, 5.74) is 2.26. The van der Waals surface area contributed by atoms with E-state index in [1.807, 2.05) is 50.2 Å². The molecule has 0 unspecified atom stereocenters. The summed E-state index contributed by atoms with van der Waals surface area (Å²) in [6, 6.07) is 16.2. The zero-order chi connectivity index (χ0) is 31.4. The summed E-state index contributed by atoms with van der Waals surface area (Å²) in [4.78, 5) is 31.7. The molecule has 4 aromatic rings. The van der Waals surface area contributed by atoms with Gasteiger partial charge in [-0.25, -0.2) is 9.79 Å². The summed E-state index contributed by atoms with van der Waals surface area (Å²) in [7, 11) is 1.30. The van der Waals surface area contributed by atoms with Gasteiger partial charge >= 0.3 is 5.97 Å². The highest BCUT2D eigenvalue weighted by molar-refractivity contribution is 14.1. The molecule has 228 valence electrons. The van der Waals surface area contributed by atoms with E-state index in [2.05, 4.69) is 43.5 Å². The van der Waals surface area contributed by atoms with E-state index in [0.29, 0.717) is 67.0 Å². The van der Waals surface area contributed by atoms with E-state index in [-0.39, 0.29) is 11.1 Å². The number of esters is 1. The van der Waals surface area contributed by atoms with Crippen molar-refractivity contribution in [2.45, 2.75) is 26.5 Å². The van der Waals surface area contributed by atoms with Crippen LogP contribution in [-0.4, -0.2) is 30.9 Å². The van der Waals surface area contributed by atoms with Crippen LogP contribution in [0.4, 0.5) is 0 Å². The molecule has 0 spiro atoms. The van der Waals surface area contributed by atoms with Crippen molar-refractivity contribution in [3.63, 3.8) is 0 Å². The van der Waals surface area contributed by atoms with E-state index in [1.165, 1.54) is 29.2 Å². The molecule has 8 nitrogen and oxygen atoms in total. The zero-order valence-electron chi connectivity index (χ0n) is 23.9. The lowest BCUT2D eigenvalue weighted by Crippen LogP contribution is -2.39. The fourth-order valence-corrected chi connectivity index (χ4v) is 6.99. The molecule has 0 N–H and O–H groups in total. The number of hydrogen-bond acceptors (Lipinski definition) is 8. The van der Waals surface area contributed by atoms with Gasteiger partial charge in [-0.1, -0.05) is 41.1 Å². The van der Waals surface area contributed by atoms with Crippen molar-refractivity contribution < 1.29 is 23.7 Å². The molecular weight excluding hydrogens is 783 g/mol. The molecule has 3 aromatic carbocycles. The van der Waals surface area contributed by atoms with Crippen LogP contribution in [-0.2, 0) is 16.1 Å². The average Bonchev–Trinajstić information content (AvgIpc) is 3.32. The standard InChI is InChI=1S/C32H27BrClIN2O6S/c1-4-41-25-11-8-20(15-26(25)42-5-2)28-22(31(39)40-3)16-36-32-37(28)30(38)27(44-32)14-19-12-23(33)29(24(34)13-19)43-17-18-6-9-21(35)10-7-18/h6-16,28H,4-5,17H2,1-3H3/b27-14-/t28-/m0/s1. The largest absolute Gasteiger partial charge is 0.490 e. The van der Waals surface area contributed by atoms with Gasteiger partial charge in [0.1, 0.15) is 6.61 Å². The summed E-state index contributed by atoms with van der Waals surface area (Å²) < 4.78 is 26.3. The number of aromatic nitrogens is 1. The van der Waals surface area contributed by atoms with Crippen LogP contribution >= 0.6 is 61.5 Å². The Bertz CT molecular complexity index is 1900. The second kappa shape index (κ2) is 14.3. The number of halogens is 3. The zero-order valence-corrected chi connectivity index (χ0v) is 29.3. The van der Waals surface area contributed by atoms with Gasteiger partial charge in [-0.2, -0.15) is 0 Å². The fourth-order valence-electron chi connectivity index (χ4n) is 4.68. The normalized spacial score (nSPS) is 14.4. The number of thiazole rings is 1. The van der Waals surface area contributed by atoms with Crippen LogP contribution in [0, 0.1) is 3.57 Å². The highest BCUT2D eigenvalue weighted by Gasteiger charge is 2.31. The first-order valence-electron chi connectivity index (χ1n) is 13.6. The highest BCUT2D eigenvalue weighted by Crippen LogP contribution is 2.36. The first-order valence-corrected chi connectivity index (χ1v) is 16.7. The van der Waals surface area contributed by atoms with Crippen molar-refractivity contribution in [3.8, 4) is 17.2 Å². The van der Waals surface area contributed by atoms with E-state index < -0.39 is 12.0 Å². The van der Waals surface area contributed by atoms with Crippen molar-refractivity contribution in [2.24, 2.45) is 4.99 Å². The highest BCUT2D eigenvalue weighted by atomic mass is 127. The van der Waals surface area contributed by atoms with Crippen LogP contribution in [0.15, 0.2) is 80.6 Å². The van der Waals surface area contributed by atoms with Gasteiger partial charge in [-0.3, -0.25) is 9.36 Å². The Morgan fingerprint density at radius 3 is 2.48 bits per heavy atom. The molecule has 0 aliphatic carbocycles. The number of carbonyl (C=O) groups is 1. The molecule has 0 fully saturated rings. The molecule has 5 rings (SSSR count). The van der Waals surface area contributed by atoms with Crippen LogP contribution < -0.4 is 29.1 Å². The minimum atomic E-state index is -0.789. The Hall–Kier alpha value is -3.13. The Morgan fingerprint density at radius 1 is 1.07 bits per heavy atom. The molecule has 2 heterocycles.